The number of morpholine rings is 1. The smallest absolute Gasteiger partial charge is 1.00 e. The van der Waals surface area contributed by atoms with Gasteiger partial charge in [-0.25, -0.2) is 0 Å². The fraction of sp³-hybridized carbons (Fsp3) is 0.643. The van der Waals surface area contributed by atoms with Crippen molar-refractivity contribution < 1.29 is 63.3 Å². The molecule has 0 bridgehead atoms. The molecule has 126 valence electrons. The average molecular weight is 416 g/mol. The van der Waals surface area contributed by atoms with Crippen LogP contribution < -0.4 is 24.8 Å². The molecule has 1 aliphatic carbocycles. The van der Waals surface area contributed by atoms with Crippen LogP contribution in [0.15, 0.2) is 23.6 Å². The van der Waals surface area contributed by atoms with Gasteiger partial charge in [0.15, 0.2) is 6.10 Å². The molecule has 1 fully saturated rings. The van der Waals surface area contributed by atoms with Crippen molar-refractivity contribution in [3.63, 3.8) is 0 Å². The van der Waals surface area contributed by atoms with Gasteiger partial charge in [-0.2, -0.15) is 4.79 Å². The number of halogens is 2. The summed E-state index contributed by atoms with van der Waals surface area (Å²) in [5, 5.41) is 0. The zero-order valence-corrected chi connectivity index (χ0v) is 18.0. The summed E-state index contributed by atoms with van der Waals surface area (Å²) >= 11 is 0. The predicted molar refractivity (Wildman–Crippen MR) is 74.2 cm³/mol. The summed E-state index contributed by atoms with van der Waals surface area (Å²) in [5.74, 6) is 0.721. The second kappa shape index (κ2) is 12.9. The molecule has 6 nitrogen and oxygen atoms in total. The van der Waals surface area contributed by atoms with Gasteiger partial charge in [0.2, 0.25) is 0 Å². The Kier molecular flexibility index (Phi) is 14.0. The van der Waals surface area contributed by atoms with Gasteiger partial charge in [-0.05, 0) is 19.9 Å². The van der Waals surface area contributed by atoms with E-state index in [1.54, 1.807) is 6.08 Å². The molecule has 23 heavy (non-hydrogen) atoms. The molecule has 1 heterocycles. The topological polar surface area (TPSA) is 67.3 Å². The fourth-order valence-corrected chi connectivity index (χ4v) is 2.34. The van der Waals surface area contributed by atoms with Crippen LogP contribution in [0.1, 0.15) is 13.8 Å². The van der Waals surface area contributed by atoms with Crippen LogP contribution in [0.4, 0.5) is 0 Å². The van der Waals surface area contributed by atoms with E-state index >= 15 is 0 Å². The molecule has 1 unspecified atom stereocenters. The summed E-state index contributed by atoms with van der Waals surface area (Å²) in [4.78, 5) is 5.52. The first-order valence-corrected chi connectivity index (χ1v) is 7.03. The Morgan fingerprint density at radius 1 is 1.26 bits per heavy atom. The van der Waals surface area contributed by atoms with Gasteiger partial charge in [-0.1, -0.05) is 0 Å². The van der Waals surface area contributed by atoms with Gasteiger partial charge in [0, 0.05) is 19.7 Å². The van der Waals surface area contributed by atoms with Crippen molar-refractivity contribution >= 4 is 5.71 Å². The van der Waals surface area contributed by atoms with Crippen molar-refractivity contribution in [2.45, 2.75) is 20.0 Å². The Labute approximate surface area is 162 Å². The van der Waals surface area contributed by atoms with Crippen molar-refractivity contribution in [1.82, 2.24) is 4.90 Å². The van der Waals surface area contributed by atoms with Gasteiger partial charge >= 0.3 is 25.2 Å². The molecule has 0 spiro atoms. The van der Waals surface area contributed by atoms with E-state index in [1.807, 2.05) is 19.9 Å². The normalized spacial score (nSPS) is 20.0. The zero-order chi connectivity index (χ0) is 14.4. The molecule has 0 saturated carbocycles. The van der Waals surface area contributed by atoms with Gasteiger partial charge in [0.05, 0.1) is 31.6 Å². The molecular formula is C14H21Cl2N3O3Zn. The molecule has 2 rings (SSSR count). The average Bonchev–Trinajstić information content (AvgIpc) is 2.49. The third kappa shape index (κ3) is 6.54. The van der Waals surface area contributed by atoms with Crippen LogP contribution in [0, 0.1) is 0 Å². The van der Waals surface area contributed by atoms with Crippen LogP contribution in [-0.2, 0) is 33.7 Å². The first-order valence-electron chi connectivity index (χ1n) is 7.03. The third-order valence-corrected chi connectivity index (χ3v) is 3.25. The molecule has 0 aromatic heterocycles. The van der Waals surface area contributed by atoms with E-state index in [-0.39, 0.29) is 50.4 Å². The van der Waals surface area contributed by atoms with E-state index in [4.69, 9.17) is 19.7 Å². The first kappa shape index (κ1) is 24.8. The van der Waals surface area contributed by atoms with Gasteiger partial charge in [0.25, 0.3) is 0 Å². The number of nitrogens with zero attached hydrogens (tertiary/aromatic N) is 3. The maximum Gasteiger partial charge on any atom is 2.00 e. The van der Waals surface area contributed by atoms with Crippen molar-refractivity contribution in [3.05, 3.63) is 29.1 Å². The Morgan fingerprint density at radius 3 is 2.43 bits per heavy atom. The minimum Gasteiger partial charge on any atom is -1.00 e. The summed E-state index contributed by atoms with van der Waals surface area (Å²) < 4.78 is 16.7. The second-order valence-corrected chi connectivity index (χ2v) is 4.49. The monoisotopic (exact) mass is 413 g/mol. The van der Waals surface area contributed by atoms with Crippen LogP contribution in [0.5, 0.6) is 0 Å². The molecule has 0 N–H and O–H groups in total. The molecule has 0 amide bonds. The quantitative estimate of drug-likeness (QED) is 0.257. The molecule has 0 aromatic rings. The maximum absolute atomic E-state index is 9.12. The van der Waals surface area contributed by atoms with E-state index in [2.05, 4.69) is 9.69 Å². The van der Waals surface area contributed by atoms with Crippen LogP contribution in [0.3, 0.4) is 0 Å². The molecule has 0 aromatic carbocycles. The number of hydrogen-bond donors (Lipinski definition) is 0. The van der Waals surface area contributed by atoms with Gasteiger partial charge in [-0.15, -0.1) is 0 Å². The van der Waals surface area contributed by atoms with Crippen LogP contribution >= 0.6 is 0 Å². The summed E-state index contributed by atoms with van der Waals surface area (Å²) in [6.45, 7) is 8.01. The van der Waals surface area contributed by atoms with E-state index in [1.165, 1.54) is 0 Å². The first-order chi connectivity index (χ1) is 9.80. The molecule has 1 atom stereocenters. The van der Waals surface area contributed by atoms with Crippen molar-refractivity contribution in [3.8, 4) is 0 Å². The number of ether oxygens (including phenoxy) is 3. The van der Waals surface area contributed by atoms with E-state index in [0.717, 1.165) is 24.5 Å². The molecule has 1 saturated heterocycles. The summed E-state index contributed by atoms with van der Waals surface area (Å²) in [6.07, 6.45) is 3.36. The van der Waals surface area contributed by atoms with Gasteiger partial charge in [0.1, 0.15) is 5.76 Å². The van der Waals surface area contributed by atoms with E-state index in [9.17, 15) is 0 Å². The molecular weight excluding hydrogens is 394 g/mol. The standard InChI is InChI=1S/C14H21N3O3.2ClH.Zn/c1-3-19-13-10-12(17-5-7-18-8-6-17)14(20-4-2)9-11(13)16-15;;;/h9-10,13H,3-8H2,1-2H3;2*1H;/q;;;+2/p-2. The summed E-state index contributed by atoms with van der Waals surface area (Å²) in [5.41, 5.74) is 10.6. The molecule has 9 heteroatoms. The minimum absolute atomic E-state index is 0. The third-order valence-electron chi connectivity index (χ3n) is 3.25. The SMILES string of the molecule is CCOC1=CC(=[N+]=[N-])C(OCC)C=C1N1CCOCC1.[Cl-].[Cl-].[Zn+2]. The van der Waals surface area contributed by atoms with Gasteiger partial charge in [-0.3, -0.25) is 0 Å². The van der Waals surface area contributed by atoms with Crippen LogP contribution in [0.2, 0.25) is 0 Å². The number of rotatable bonds is 5. The van der Waals surface area contributed by atoms with Crippen molar-refractivity contribution in [2.24, 2.45) is 0 Å². The Balaban J connectivity index is 0. The Hall–Kier alpha value is -0.417. The van der Waals surface area contributed by atoms with E-state index < -0.39 is 0 Å². The van der Waals surface area contributed by atoms with E-state index in [0.29, 0.717) is 32.1 Å². The van der Waals surface area contributed by atoms with Crippen molar-refractivity contribution in [1.29, 1.82) is 0 Å². The summed E-state index contributed by atoms with van der Waals surface area (Å²) in [7, 11) is 0. The second-order valence-electron chi connectivity index (χ2n) is 4.49. The van der Waals surface area contributed by atoms with Crippen LogP contribution in [0.25, 0.3) is 5.53 Å². The Morgan fingerprint density at radius 2 is 1.91 bits per heavy atom. The number of hydrogen-bond acceptors (Lipinski definition) is 4. The fourth-order valence-electron chi connectivity index (χ4n) is 2.34. The Bertz CT molecular complexity index is 462. The molecule has 2 aliphatic rings. The molecule has 1 aliphatic heterocycles. The van der Waals surface area contributed by atoms with Crippen molar-refractivity contribution in [2.75, 3.05) is 39.5 Å². The minimum atomic E-state index is -0.341. The van der Waals surface area contributed by atoms with Gasteiger partial charge < -0.3 is 49.5 Å². The predicted octanol–water partition coefficient (Wildman–Crippen LogP) is -4.78. The molecule has 0 radical (unpaired) electrons. The maximum atomic E-state index is 9.12. The zero-order valence-electron chi connectivity index (χ0n) is 13.5. The largest absolute Gasteiger partial charge is 2.00 e. The summed E-state index contributed by atoms with van der Waals surface area (Å²) in [6, 6.07) is 0. The van der Waals surface area contributed by atoms with Crippen LogP contribution in [-0.4, -0.2) is 61.0 Å².